The molecule has 2 heterocycles. The number of aliphatic hydroxyl groups is 1. The molecule has 8 rings (SSSR count). The number of halogens is 2. The summed E-state index contributed by atoms with van der Waals surface area (Å²) in [7, 11) is 0. The van der Waals surface area contributed by atoms with Crippen LogP contribution in [-0.4, -0.2) is 56.0 Å². The van der Waals surface area contributed by atoms with Gasteiger partial charge in [-0.15, -0.1) is 0 Å². The molecule has 0 spiro atoms. The number of carbonyl (C=O) groups excluding carboxylic acids is 5. The number of benzene rings is 6. The zero-order valence-corrected chi connectivity index (χ0v) is 41.1. The van der Waals surface area contributed by atoms with E-state index in [4.69, 9.17) is 23.2 Å². The van der Waals surface area contributed by atoms with Gasteiger partial charge in [-0.25, -0.2) is 0 Å². The summed E-state index contributed by atoms with van der Waals surface area (Å²) in [6.45, 7) is 8.43. The Morgan fingerprint density at radius 2 is 1.06 bits per heavy atom. The van der Waals surface area contributed by atoms with Crippen molar-refractivity contribution < 1.29 is 60.1 Å². The quantitative estimate of drug-likeness (QED) is 0.144. The molecule has 0 fully saturated rings. The molecule has 6 aromatic rings. The number of carbonyl (C=O) groups is 5. The molecular formula is C52H49BCl2N4NaO6. The summed E-state index contributed by atoms with van der Waals surface area (Å²) in [4.78, 5) is 67.9. The molecule has 14 heteroatoms. The summed E-state index contributed by atoms with van der Waals surface area (Å²) in [6.07, 6.45) is 1.56. The zero-order chi connectivity index (χ0) is 45.7. The van der Waals surface area contributed by atoms with E-state index in [1.807, 2.05) is 64.1 Å². The van der Waals surface area contributed by atoms with Crippen molar-refractivity contribution in [3.63, 3.8) is 0 Å². The summed E-state index contributed by atoms with van der Waals surface area (Å²) in [5.74, 6) is -0.717. The number of hydrogen-bond donors (Lipinski definition) is 3. The van der Waals surface area contributed by atoms with Crippen LogP contribution in [0.4, 0.5) is 22.7 Å². The molecule has 4 amide bonds. The van der Waals surface area contributed by atoms with Crippen LogP contribution in [0.5, 0.6) is 0 Å². The standard InChI is InChI=1S/C26H25ClN2O3.C26H23ClN2O3.B.Na.H/c2*1-16-6-3-4-7-20(16)25(31)28-19-10-11-21(17(2)14-19)26(32)29-13-5-8-24(30)22-15-18(27)9-12-23(22)29;;;/h3-4,6-7,9-12,14-15,24,30H,5,8,13H2,1-2H3,(H,28,31);3-4,6-7,9-12,14-15H,5,8,13H2,1-2H3,(H,28,31);;;/q;;;+1;-1. The molecule has 1 atom stereocenters. The van der Waals surface area contributed by atoms with Crippen LogP contribution in [0, 0.1) is 27.7 Å². The van der Waals surface area contributed by atoms with Crippen molar-refractivity contribution in [2.45, 2.75) is 59.5 Å². The predicted molar refractivity (Wildman–Crippen MR) is 262 cm³/mol. The molecule has 3 radical (unpaired) electrons. The molecule has 0 aromatic heterocycles. The van der Waals surface area contributed by atoms with Crippen LogP contribution in [0.2, 0.25) is 10.0 Å². The van der Waals surface area contributed by atoms with E-state index in [0.29, 0.717) is 105 Å². The SMILES string of the molecule is Cc1ccccc1C(=O)Nc1ccc(C(=O)N2CCCC(=O)c3cc(Cl)ccc32)c(C)c1.Cc1ccccc1C(=O)Nc1ccc(C(=O)N2CCCC(O)c3cc(Cl)ccc32)c(C)c1.[B].[H-].[Na+]. The number of nitrogens with one attached hydrogen (secondary N) is 2. The van der Waals surface area contributed by atoms with Gasteiger partial charge in [0.15, 0.2) is 5.78 Å². The molecule has 2 aliphatic rings. The Morgan fingerprint density at radius 3 is 1.58 bits per heavy atom. The van der Waals surface area contributed by atoms with Crippen molar-refractivity contribution in [1.29, 1.82) is 0 Å². The van der Waals surface area contributed by atoms with E-state index in [0.717, 1.165) is 22.3 Å². The van der Waals surface area contributed by atoms with Crippen molar-refractivity contribution in [2.75, 3.05) is 33.5 Å². The van der Waals surface area contributed by atoms with E-state index >= 15 is 0 Å². The Balaban J connectivity index is 0.000000280. The minimum Gasteiger partial charge on any atom is -1.00 e. The molecule has 1 unspecified atom stereocenters. The number of amides is 4. The number of aliphatic hydroxyl groups excluding tert-OH is 1. The molecule has 66 heavy (non-hydrogen) atoms. The third-order valence-corrected chi connectivity index (χ3v) is 12.0. The van der Waals surface area contributed by atoms with Crippen LogP contribution in [0.3, 0.4) is 0 Å². The summed E-state index contributed by atoms with van der Waals surface area (Å²) in [5.41, 5.74) is 9.24. The first-order valence-electron chi connectivity index (χ1n) is 21.1. The van der Waals surface area contributed by atoms with Gasteiger partial charge in [-0.2, -0.15) is 0 Å². The second-order valence-corrected chi connectivity index (χ2v) is 16.9. The zero-order valence-electron chi connectivity index (χ0n) is 38.6. The van der Waals surface area contributed by atoms with Crippen molar-refractivity contribution in [2.24, 2.45) is 0 Å². The Bertz CT molecular complexity index is 2830. The van der Waals surface area contributed by atoms with Gasteiger partial charge in [0.05, 0.1) is 11.8 Å². The minimum atomic E-state index is -0.651. The summed E-state index contributed by atoms with van der Waals surface area (Å²) >= 11 is 12.2. The van der Waals surface area contributed by atoms with Crippen LogP contribution in [0.1, 0.15) is 113 Å². The number of Topliss-reactive ketones (excluding diaryl/α,β-unsaturated/α-hetero) is 1. The summed E-state index contributed by atoms with van der Waals surface area (Å²) in [5, 5.41) is 17.3. The Morgan fingerprint density at radius 1 is 0.591 bits per heavy atom. The van der Waals surface area contributed by atoms with E-state index in [1.165, 1.54) is 0 Å². The van der Waals surface area contributed by atoms with Gasteiger partial charge >= 0.3 is 29.6 Å². The number of ketones is 1. The number of nitrogens with zero attached hydrogens (tertiary/aromatic N) is 2. The van der Waals surface area contributed by atoms with Crippen LogP contribution in [0.25, 0.3) is 0 Å². The Kier molecular flexibility index (Phi) is 17.8. The minimum absolute atomic E-state index is 0. The smallest absolute Gasteiger partial charge is 1.00 e. The number of anilines is 4. The Labute approximate surface area is 421 Å². The molecule has 3 N–H and O–H groups in total. The van der Waals surface area contributed by atoms with Gasteiger partial charge in [-0.05, 0) is 154 Å². The van der Waals surface area contributed by atoms with Gasteiger partial charge in [0.1, 0.15) is 0 Å². The van der Waals surface area contributed by atoms with Gasteiger partial charge in [0.2, 0.25) is 0 Å². The normalized spacial score (nSPS) is 14.0. The first-order chi connectivity index (χ1) is 30.7. The largest absolute Gasteiger partial charge is 1.00 e. The van der Waals surface area contributed by atoms with Crippen LogP contribution in [0.15, 0.2) is 121 Å². The summed E-state index contributed by atoms with van der Waals surface area (Å²) in [6, 6.07) is 35.6. The third kappa shape index (κ3) is 11.7. The molecule has 0 aliphatic carbocycles. The Hall–Kier alpha value is -5.53. The molecule has 2 aliphatic heterocycles. The third-order valence-electron chi connectivity index (χ3n) is 11.5. The van der Waals surface area contributed by atoms with Crippen LogP contribution >= 0.6 is 23.2 Å². The average Bonchev–Trinajstić information content (AvgIpc) is 3.53. The molecule has 331 valence electrons. The van der Waals surface area contributed by atoms with Crippen LogP contribution in [-0.2, 0) is 0 Å². The fourth-order valence-electron chi connectivity index (χ4n) is 8.10. The molecule has 0 bridgehead atoms. The predicted octanol–water partition coefficient (Wildman–Crippen LogP) is 8.25. The molecule has 10 nitrogen and oxygen atoms in total. The van der Waals surface area contributed by atoms with Crippen LogP contribution < -0.4 is 50.0 Å². The van der Waals surface area contributed by atoms with Crippen molar-refractivity contribution in [3.05, 3.63) is 187 Å². The summed E-state index contributed by atoms with van der Waals surface area (Å²) < 4.78 is 0. The maximum atomic E-state index is 13.5. The molecular weight excluding hydrogens is 881 g/mol. The number of rotatable bonds is 6. The number of hydrogen-bond acceptors (Lipinski definition) is 6. The van der Waals surface area contributed by atoms with E-state index in [2.05, 4.69) is 10.6 Å². The van der Waals surface area contributed by atoms with Gasteiger partial charge < -0.3 is 27.0 Å². The van der Waals surface area contributed by atoms with Crippen molar-refractivity contribution in [1.82, 2.24) is 0 Å². The average molecular weight is 931 g/mol. The van der Waals surface area contributed by atoms with Crippen molar-refractivity contribution in [3.8, 4) is 0 Å². The monoisotopic (exact) mass is 929 g/mol. The van der Waals surface area contributed by atoms with E-state index < -0.39 is 6.10 Å². The second kappa shape index (κ2) is 22.8. The first-order valence-corrected chi connectivity index (χ1v) is 21.8. The maximum absolute atomic E-state index is 13.5. The van der Waals surface area contributed by atoms with E-state index in [1.54, 1.807) is 94.7 Å². The van der Waals surface area contributed by atoms with E-state index in [9.17, 15) is 29.1 Å². The topological polar surface area (TPSA) is 136 Å². The fraction of sp³-hybridized carbons (Fsp3) is 0.212. The molecule has 6 aromatic carbocycles. The number of fused-ring (bicyclic) bond motifs is 2. The second-order valence-electron chi connectivity index (χ2n) is 16.1. The van der Waals surface area contributed by atoms with E-state index in [-0.39, 0.29) is 68.8 Å². The fourth-order valence-corrected chi connectivity index (χ4v) is 8.46. The molecule has 0 saturated heterocycles. The van der Waals surface area contributed by atoms with Gasteiger partial charge in [0, 0.05) is 88.4 Å². The first kappa shape index (κ1) is 51.5. The van der Waals surface area contributed by atoms with Crippen molar-refractivity contribution >= 4 is 83.8 Å². The van der Waals surface area contributed by atoms with Gasteiger partial charge in [-0.1, -0.05) is 59.6 Å². The number of aryl methyl sites for hydroxylation is 4. The van der Waals surface area contributed by atoms with Gasteiger partial charge in [-0.3, -0.25) is 24.0 Å². The maximum Gasteiger partial charge on any atom is 1.00 e. The molecule has 0 saturated carbocycles. The van der Waals surface area contributed by atoms with Gasteiger partial charge in [0.25, 0.3) is 23.6 Å².